The Labute approximate surface area is 134 Å². The Hall–Kier alpha value is -2.16. The molecule has 1 rings (SSSR count). The third-order valence-electron chi connectivity index (χ3n) is 3.22. The predicted octanol–water partition coefficient (Wildman–Crippen LogP) is -0.914. The molecule has 0 aliphatic carbocycles. The summed E-state index contributed by atoms with van der Waals surface area (Å²) in [5.41, 5.74) is 6.63. The third kappa shape index (κ3) is 6.23. The Bertz CT molecular complexity index is 520. The molecule has 0 spiro atoms. The van der Waals surface area contributed by atoms with E-state index in [1.807, 2.05) is 0 Å². The highest BCUT2D eigenvalue weighted by Crippen LogP contribution is 2.12. The SMILES string of the molecule is COc1ccc(C[C@H](N)C(=O)NC(=O)N(C)CC(O)CO)cc1. The third-order valence-corrected chi connectivity index (χ3v) is 3.22. The van der Waals surface area contributed by atoms with Gasteiger partial charge in [-0.2, -0.15) is 0 Å². The van der Waals surface area contributed by atoms with E-state index in [0.717, 1.165) is 10.5 Å². The Morgan fingerprint density at radius 2 is 1.96 bits per heavy atom. The zero-order valence-electron chi connectivity index (χ0n) is 13.2. The lowest BCUT2D eigenvalue weighted by Gasteiger charge is -2.20. The number of amides is 3. The number of benzene rings is 1. The van der Waals surface area contributed by atoms with Crippen LogP contribution in [0.3, 0.4) is 0 Å². The van der Waals surface area contributed by atoms with Crippen LogP contribution in [-0.2, 0) is 11.2 Å². The van der Waals surface area contributed by atoms with Gasteiger partial charge in [-0.25, -0.2) is 4.79 Å². The molecule has 0 heterocycles. The van der Waals surface area contributed by atoms with Gasteiger partial charge in [0.1, 0.15) is 5.75 Å². The molecule has 8 heteroatoms. The van der Waals surface area contributed by atoms with Crippen molar-refractivity contribution in [2.24, 2.45) is 5.73 Å². The number of nitrogens with zero attached hydrogens (tertiary/aromatic N) is 1. The van der Waals surface area contributed by atoms with Crippen LogP contribution in [0.15, 0.2) is 24.3 Å². The van der Waals surface area contributed by atoms with Gasteiger partial charge in [0, 0.05) is 7.05 Å². The number of nitrogens with two attached hydrogens (primary N) is 1. The van der Waals surface area contributed by atoms with E-state index in [-0.39, 0.29) is 13.0 Å². The fraction of sp³-hybridized carbons (Fsp3) is 0.467. The van der Waals surface area contributed by atoms with E-state index >= 15 is 0 Å². The number of carbonyl (C=O) groups excluding carboxylic acids is 2. The number of aliphatic hydroxyl groups excluding tert-OH is 2. The summed E-state index contributed by atoms with van der Waals surface area (Å²) in [5.74, 6) is 0.0853. The molecular weight excluding hydrogens is 302 g/mol. The molecule has 1 aromatic rings. The molecule has 0 saturated heterocycles. The van der Waals surface area contributed by atoms with Crippen molar-refractivity contribution in [3.05, 3.63) is 29.8 Å². The molecule has 2 atom stereocenters. The first kappa shape index (κ1) is 18.9. The standard InChI is InChI=1S/C15H23N3O5/c1-18(8-11(20)9-19)15(22)17-14(21)13(16)7-10-3-5-12(23-2)6-4-10/h3-6,11,13,19-20H,7-9,16H2,1-2H3,(H,17,21,22)/t11?,13-/m0/s1. The van der Waals surface area contributed by atoms with Gasteiger partial charge in [0.2, 0.25) is 5.91 Å². The minimum absolute atomic E-state index is 0.0939. The molecule has 0 saturated carbocycles. The summed E-state index contributed by atoms with van der Waals surface area (Å²) in [5, 5.41) is 20.2. The average Bonchev–Trinajstić information content (AvgIpc) is 2.55. The van der Waals surface area contributed by atoms with Crippen molar-refractivity contribution in [2.45, 2.75) is 18.6 Å². The van der Waals surface area contributed by atoms with Crippen LogP contribution in [0.5, 0.6) is 5.75 Å². The van der Waals surface area contributed by atoms with Crippen molar-refractivity contribution in [3.63, 3.8) is 0 Å². The zero-order valence-corrected chi connectivity index (χ0v) is 13.2. The highest BCUT2D eigenvalue weighted by atomic mass is 16.5. The summed E-state index contributed by atoms with van der Waals surface area (Å²) in [4.78, 5) is 24.8. The minimum Gasteiger partial charge on any atom is -0.497 e. The van der Waals surface area contributed by atoms with Gasteiger partial charge in [-0.3, -0.25) is 10.1 Å². The van der Waals surface area contributed by atoms with E-state index < -0.39 is 30.7 Å². The number of nitrogens with one attached hydrogen (secondary N) is 1. The van der Waals surface area contributed by atoms with Gasteiger partial charge >= 0.3 is 6.03 Å². The van der Waals surface area contributed by atoms with E-state index in [1.165, 1.54) is 7.05 Å². The lowest BCUT2D eigenvalue weighted by Crippen LogP contribution is -2.50. The van der Waals surface area contributed by atoms with Crippen molar-refractivity contribution >= 4 is 11.9 Å². The first-order valence-corrected chi connectivity index (χ1v) is 7.10. The number of likely N-dealkylation sites (N-methyl/N-ethyl adjacent to an activating group) is 1. The maximum atomic E-state index is 11.9. The molecule has 0 radical (unpaired) electrons. The summed E-state index contributed by atoms with van der Waals surface area (Å²) < 4.78 is 5.04. The normalized spacial score (nSPS) is 13.1. The van der Waals surface area contributed by atoms with Crippen LogP contribution in [0.2, 0.25) is 0 Å². The zero-order chi connectivity index (χ0) is 17.4. The highest BCUT2D eigenvalue weighted by molar-refractivity contribution is 5.96. The Balaban J connectivity index is 2.50. The van der Waals surface area contributed by atoms with Gasteiger partial charge in [-0.15, -0.1) is 0 Å². The van der Waals surface area contributed by atoms with E-state index in [1.54, 1.807) is 31.4 Å². The first-order valence-electron chi connectivity index (χ1n) is 7.10. The molecule has 1 unspecified atom stereocenters. The van der Waals surface area contributed by atoms with Crippen molar-refractivity contribution < 1.29 is 24.5 Å². The number of methoxy groups -OCH3 is 1. The first-order chi connectivity index (χ1) is 10.9. The number of hydrogen-bond donors (Lipinski definition) is 4. The van der Waals surface area contributed by atoms with Crippen LogP contribution >= 0.6 is 0 Å². The number of hydrogen-bond acceptors (Lipinski definition) is 6. The van der Waals surface area contributed by atoms with Crippen LogP contribution in [-0.4, -0.2) is 66.5 Å². The minimum atomic E-state index is -1.06. The average molecular weight is 325 g/mol. The molecule has 0 bridgehead atoms. The topological polar surface area (TPSA) is 125 Å². The largest absolute Gasteiger partial charge is 0.497 e. The fourth-order valence-electron chi connectivity index (χ4n) is 1.86. The van der Waals surface area contributed by atoms with Crippen molar-refractivity contribution in [1.82, 2.24) is 10.2 Å². The van der Waals surface area contributed by atoms with Crippen LogP contribution in [0.4, 0.5) is 4.79 Å². The number of rotatable bonds is 7. The Morgan fingerprint density at radius 3 is 2.48 bits per heavy atom. The van der Waals surface area contributed by atoms with Gasteiger partial charge in [0.25, 0.3) is 0 Å². The van der Waals surface area contributed by atoms with E-state index in [4.69, 9.17) is 15.6 Å². The molecule has 8 nitrogen and oxygen atoms in total. The molecule has 128 valence electrons. The molecule has 0 aromatic heterocycles. The quantitative estimate of drug-likeness (QED) is 0.514. The van der Waals surface area contributed by atoms with Crippen LogP contribution in [0, 0.1) is 0 Å². The molecule has 0 fully saturated rings. The second-order valence-electron chi connectivity index (χ2n) is 5.17. The van der Waals surface area contributed by atoms with Gasteiger partial charge < -0.3 is 25.6 Å². The molecule has 1 aromatic carbocycles. The number of carbonyl (C=O) groups is 2. The molecule has 5 N–H and O–H groups in total. The van der Waals surface area contributed by atoms with E-state index in [2.05, 4.69) is 5.32 Å². The van der Waals surface area contributed by atoms with Gasteiger partial charge in [0.05, 0.1) is 32.4 Å². The maximum absolute atomic E-state index is 11.9. The number of aliphatic hydroxyl groups is 2. The predicted molar refractivity (Wildman–Crippen MR) is 83.9 cm³/mol. The Morgan fingerprint density at radius 1 is 1.35 bits per heavy atom. The summed E-state index contributed by atoms with van der Waals surface area (Å²) in [6.07, 6.45) is -0.791. The monoisotopic (exact) mass is 325 g/mol. The molecular formula is C15H23N3O5. The maximum Gasteiger partial charge on any atom is 0.323 e. The number of urea groups is 1. The second kappa shape index (κ2) is 9.09. The van der Waals surface area contributed by atoms with Crippen LogP contribution < -0.4 is 15.8 Å². The van der Waals surface area contributed by atoms with Gasteiger partial charge in [-0.1, -0.05) is 12.1 Å². The summed E-state index contributed by atoms with van der Waals surface area (Å²) in [7, 11) is 2.96. The molecule has 23 heavy (non-hydrogen) atoms. The lowest BCUT2D eigenvalue weighted by atomic mass is 10.1. The summed E-state index contributed by atoms with van der Waals surface area (Å²) >= 11 is 0. The van der Waals surface area contributed by atoms with E-state index in [0.29, 0.717) is 5.75 Å². The number of ether oxygens (including phenoxy) is 1. The van der Waals surface area contributed by atoms with Crippen LogP contribution in [0.25, 0.3) is 0 Å². The van der Waals surface area contributed by atoms with E-state index in [9.17, 15) is 14.7 Å². The van der Waals surface area contributed by atoms with Gasteiger partial charge in [-0.05, 0) is 24.1 Å². The molecule has 0 aliphatic rings. The Kier molecular flexibility index (Phi) is 7.46. The smallest absolute Gasteiger partial charge is 0.323 e. The van der Waals surface area contributed by atoms with Crippen molar-refractivity contribution in [3.8, 4) is 5.75 Å². The molecule has 3 amide bonds. The summed E-state index contributed by atoms with van der Waals surface area (Å²) in [6.45, 7) is -0.564. The van der Waals surface area contributed by atoms with Crippen LogP contribution in [0.1, 0.15) is 5.56 Å². The number of imide groups is 1. The van der Waals surface area contributed by atoms with Crippen molar-refractivity contribution in [2.75, 3.05) is 27.3 Å². The lowest BCUT2D eigenvalue weighted by molar-refractivity contribution is -0.121. The highest BCUT2D eigenvalue weighted by Gasteiger charge is 2.20. The van der Waals surface area contributed by atoms with Gasteiger partial charge in [0.15, 0.2) is 0 Å². The summed E-state index contributed by atoms with van der Waals surface area (Å²) in [6, 6.07) is 5.52. The molecule has 0 aliphatic heterocycles. The second-order valence-corrected chi connectivity index (χ2v) is 5.17. The van der Waals surface area contributed by atoms with Crippen molar-refractivity contribution in [1.29, 1.82) is 0 Å². The fourth-order valence-corrected chi connectivity index (χ4v) is 1.86.